The summed E-state index contributed by atoms with van der Waals surface area (Å²) in [6.07, 6.45) is 0. The number of fused-ring (bicyclic) bond motifs is 9. The van der Waals surface area contributed by atoms with Gasteiger partial charge in [0.05, 0.1) is 23.3 Å². The second kappa shape index (κ2) is 12.6. The van der Waals surface area contributed by atoms with Crippen LogP contribution in [0.3, 0.4) is 0 Å². The highest BCUT2D eigenvalue weighted by atomic mass is 32.1. The highest BCUT2D eigenvalue weighted by Crippen LogP contribution is 2.45. The van der Waals surface area contributed by atoms with Gasteiger partial charge in [-0.15, -0.1) is 11.3 Å². The van der Waals surface area contributed by atoms with Gasteiger partial charge in [-0.1, -0.05) is 139 Å². The quantitative estimate of drug-likeness (QED) is 0.175. The van der Waals surface area contributed by atoms with E-state index < -0.39 is 96.7 Å². The molecule has 0 aliphatic heterocycles. The third kappa shape index (κ3) is 5.19. The van der Waals surface area contributed by atoms with Crippen LogP contribution in [0.5, 0.6) is 0 Å². The molecule has 6 heteroatoms. The van der Waals surface area contributed by atoms with Crippen molar-refractivity contribution in [2.24, 2.45) is 0 Å². The second-order valence-corrected chi connectivity index (χ2v) is 14.2. The summed E-state index contributed by atoms with van der Waals surface area (Å²) in [5, 5.41) is 3.14. The largest absolute Gasteiger partial charge is 0.456 e. The molecule has 0 amide bonds. The normalized spacial score (nSPS) is 16.0. The van der Waals surface area contributed by atoms with E-state index >= 15 is 0 Å². The molecule has 0 unspecified atom stereocenters. The number of benzene rings is 8. The van der Waals surface area contributed by atoms with Crippen molar-refractivity contribution >= 4 is 75.4 Å². The zero-order valence-corrected chi connectivity index (χ0v) is 29.8. The van der Waals surface area contributed by atoms with Crippen molar-refractivity contribution in [2.45, 2.75) is 0 Å². The summed E-state index contributed by atoms with van der Waals surface area (Å²) in [5.74, 6) is -0.834. The lowest BCUT2D eigenvalue weighted by molar-refractivity contribution is 0.668. The fraction of sp³-hybridized carbons (Fsp3) is 0. The first-order chi connectivity index (χ1) is 35.3. The van der Waals surface area contributed by atoms with Crippen molar-refractivity contribution in [3.05, 3.63) is 176 Å². The maximum Gasteiger partial charge on any atom is 0.164 e. The van der Waals surface area contributed by atoms with E-state index in [1.807, 2.05) is 54.6 Å². The van der Waals surface area contributed by atoms with Crippen molar-refractivity contribution in [1.29, 1.82) is 0 Å². The first-order valence-electron chi connectivity index (χ1n) is 26.0. The van der Waals surface area contributed by atoms with Gasteiger partial charge < -0.3 is 8.83 Å². The third-order valence-corrected chi connectivity index (χ3v) is 10.9. The molecule has 0 saturated carbocycles. The molecule has 12 rings (SSSR count). The van der Waals surface area contributed by atoms with Crippen LogP contribution in [0.1, 0.15) is 23.3 Å². The molecule has 0 bridgehead atoms. The summed E-state index contributed by atoms with van der Waals surface area (Å²) in [6.45, 7) is 0. The van der Waals surface area contributed by atoms with E-state index in [9.17, 15) is 1.37 Å². The van der Waals surface area contributed by atoms with Crippen LogP contribution in [0.15, 0.2) is 184 Å². The van der Waals surface area contributed by atoms with Gasteiger partial charge in [0, 0.05) is 64.0 Å². The highest BCUT2D eigenvalue weighted by Gasteiger charge is 2.20. The van der Waals surface area contributed by atoms with Crippen LogP contribution in [-0.2, 0) is 0 Å². The number of para-hydroxylation sites is 3. The lowest BCUT2D eigenvalue weighted by Gasteiger charge is -2.10. The maximum atomic E-state index is 9.20. The van der Waals surface area contributed by atoms with E-state index in [1.54, 1.807) is 18.2 Å². The van der Waals surface area contributed by atoms with Crippen molar-refractivity contribution in [2.75, 3.05) is 0 Å². The smallest absolute Gasteiger partial charge is 0.164 e. The number of hydrogen-bond acceptors (Lipinski definition) is 6. The first-order valence-corrected chi connectivity index (χ1v) is 18.3. The monoisotopic (exact) mass is 764 g/mol. The molecular formula is C51H29N3O2S. The Hall–Kier alpha value is -7.41. The minimum absolute atomic E-state index is 0.0203. The van der Waals surface area contributed by atoms with Gasteiger partial charge in [-0.3, -0.25) is 0 Å². The molecule has 4 heterocycles. The summed E-state index contributed by atoms with van der Waals surface area (Å²) >= 11 is 1.42. The zero-order valence-electron chi connectivity index (χ0n) is 46.0. The number of aromatic nitrogens is 3. The van der Waals surface area contributed by atoms with Crippen LogP contribution in [0.2, 0.25) is 0 Å². The number of thiophene rings is 1. The van der Waals surface area contributed by atoms with E-state index in [2.05, 4.69) is 15.0 Å². The van der Waals surface area contributed by atoms with Crippen LogP contribution in [0.4, 0.5) is 0 Å². The van der Waals surface area contributed by atoms with Crippen molar-refractivity contribution < 1.29 is 32.1 Å². The summed E-state index contributed by atoms with van der Waals surface area (Å²) in [6, 6.07) is 12.7. The Kier molecular flexibility index (Phi) is 4.29. The van der Waals surface area contributed by atoms with Crippen LogP contribution < -0.4 is 0 Å². The Morgan fingerprint density at radius 2 is 1.04 bits per heavy atom. The summed E-state index contributed by atoms with van der Waals surface area (Å²) in [5.41, 5.74) is 2.23. The van der Waals surface area contributed by atoms with Crippen LogP contribution >= 0.6 is 11.3 Å². The first kappa shape index (κ1) is 19.4. The summed E-state index contributed by atoms with van der Waals surface area (Å²) in [4.78, 5) is 13.6. The Labute approximate surface area is 354 Å². The molecule has 12 aromatic rings. The molecule has 4 aromatic heterocycles. The lowest BCUT2D eigenvalue weighted by atomic mass is 9.93. The SMILES string of the molecule is [2H]c1c([2H])c([2H])c(-c2nc(-c3ccc4c(c3)sc3cc(-c5cc(-c6c([2H])c([2H])c([2H])c7c6oc6c([2H])c([2H])c([2H])c([2H])c67)cc6oc7ccccc7c56)ccc34)nc(-c3c([2H])c([2H])c([2H])c([2H])c3[2H])n2)c([2H])c1[2H]. The lowest BCUT2D eigenvalue weighted by Crippen LogP contribution is -1.99. The van der Waals surface area contributed by atoms with E-state index in [-0.39, 0.29) is 62.1 Å². The fourth-order valence-corrected chi connectivity index (χ4v) is 8.48. The molecule has 0 fully saturated rings. The van der Waals surface area contributed by atoms with Gasteiger partial charge in [-0.05, 0) is 53.1 Å². The minimum atomic E-state index is -0.652. The molecular weight excluding hydrogens is 719 g/mol. The molecule has 0 atom stereocenters. The van der Waals surface area contributed by atoms with Gasteiger partial charge in [0.15, 0.2) is 17.5 Å². The van der Waals surface area contributed by atoms with Crippen LogP contribution in [-0.4, -0.2) is 15.0 Å². The molecule has 8 aromatic carbocycles. The van der Waals surface area contributed by atoms with Gasteiger partial charge >= 0.3 is 0 Å². The second-order valence-electron chi connectivity index (χ2n) is 13.1. The van der Waals surface area contributed by atoms with E-state index in [0.29, 0.717) is 27.9 Å². The van der Waals surface area contributed by atoms with Crippen LogP contribution in [0.25, 0.3) is 120 Å². The molecule has 57 heavy (non-hydrogen) atoms. The van der Waals surface area contributed by atoms with Crippen molar-refractivity contribution in [3.8, 4) is 56.4 Å². The Morgan fingerprint density at radius 3 is 1.79 bits per heavy atom. The summed E-state index contributed by atoms with van der Waals surface area (Å²) < 4.78 is 160. The van der Waals surface area contributed by atoms with E-state index in [4.69, 9.17) is 30.8 Å². The number of hydrogen-bond donors (Lipinski definition) is 0. The highest BCUT2D eigenvalue weighted by molar-refractivity contribution is 7.25. The van der Waals surface area contributed by atoms with Gasteiger partial charge in [-0.25, -0.2) is 15.0 Å². The predicted octanol–water partition coefficient (Wildman–Crippen LogP) is 14.4. The maximum absolute atomic E-state index is 9.20. The molecule has 0 aliphatic rings. The number of rotatable bonds is 5. The molecule has 0 aliphatic carbocycles. The van der Waals surface area contributed by atoms with E-state index in [1.165, 1.54) is 11.3 Å². The molecule has 0 saturated heterocycles. The van der Waals surface area contributed by atoms with Gasteiger partial charge in [-0.2, -0.15) is 0 Å². The van der Waals surface area contributed by atoms with E-state index in [0.717, 1.165) is 36.5 Å². The van der Waals surface area contributed by atoms with Gasteiger partial charge in [0.25, 0.3) is 0 Å². The van der Waals surface area contributed by atoms with Crippen LogP contribution in [0, 0.1) is 0 Å². The van der Waals surface area contributed by atoms with Gasteiger partial charge in [0.2, 0.25) is 0 Å². The van der Waals surface area contributed by atoms with Crippen molar-refractivity contribution in [3.63, 3.8) is 0 Å². The Balaban J connectivity index is 1.06. The standard InChI is InChI=1S/C51H29N3O2S/c1-3-12-30(13-4-1)49-52-50(31-14-5-2-6-15-31)54-51(53-49)33-23-25-38-37-24-22-32(28-45(37)57-46(38)29-33)41-26-34(27-44-47(41)40-17-8-10-21-43(40)55-44)35-18-11-19-39-36-16-7-9-20-42(36)56-48(35)39/h1-29H/i1D,2D,3D,4D,5D,6D,7D,9D,11D,12D,13D,14D,15D,16D,18D,19D,20D. The number of furan rings is 2. The molecule has 266 valence electrons. The molecule has 0 N–H and O–H groups in total. The molecule has 5 nitrogen and oxygen atoms in total. The molecule has 0 spiro atoms. The number of nitrogens with zero attached hydrogens (tertiary/aromatic N) is 3. The molecule has 0 radical (unpaired) electrons. The zero-order chi connectivity index (χ0) is 52.2. The average molecular weight is 765 g/mol. The Bertz CT molecular complexity index is 4400. The Morgan fingerprint density at radius 1 is 0.404 bits per heavy atom. The third-order valence-electron chi connectivity index (χ3n) is 9.83. The topological polar surface area (TPSA) is 65.0 Å². The average Bonchev–Trinajstić information content (AvgIpc) is 4.11. The minimum Gasteiger partial charge on any atom is -0.456 e. The fourth-order valence-electron chi connectivity index (χ4n) is 7.29. The van der Waals surface area contributed by atoms with Gasteiger partial charge in [0.1, 0.15) is 22.3 Å². The summed E-state index contributed by atoms with van der Waals surface area (Å²) in [7, 11) is 0. The van der Waals surface area contributed by atoms with Crippen molar-refractivity contribution in [1.82, 2.24) is 15.0 Å². The predicted molar refractivity (Wildman–Crippen MR) is 234 cm³/mol.